The van der Waals surface area contributed by atoms with E-state index in [1.165, 1.54) is 24.0 Å². The minimum absolute atomic E-state index is 0.0924. The zero-order chi connectivity index (χ0) is 19.7. The molecule has 4 rings (SSSR count). The fourth-order valence-electron chi connectivity index (χ4n) is 4.12. The topological polar surface area (TPSA) is 66.5 Å². The maximum Gasteiger partial charge on any atom is 0.241 e. The number of rotatable bonds is 5. The van der Waals surface area contributed by atoms with E-state index in [0.717, 1.165) is 30.5 Å². The van der Waals surface area contributed by atoms with Gasteiger partial charge in [-0.2, -0.15) is 0 Å². The predicted octanol–water partition coefficient (Wildman–Crippen LogP) is 3.73. The average molecular weight is 399 g/mol. The molecular weight excluding hydrogens is 372 g/mol. The molecule has 5 nitrogen and oxygen atoms in total. The largest absolute Gasteiger partial charge is 0.312 e. The molecule has 1 N–H and O–H groups in total. The first kappa shape index (κ1) is 19.2. The highest BCUT2D eigenvalue weighted by Gasteiger charge is 2.23. The van der Waals surface area contributed by atoms with Crippen molar-refractivity contribution >= 4 is 21.6 Å². The van der Waals surface area contributed by atoms with Gasteiger partial charge < -0.3 is 4.90 Å². The fraction of sp³-hybridized carbons (Fsp3) is 0.409. The minimum atomic E-state index is -3.64. The Kier molecular flexibility index (Phi) is 5.25. The van der Waals surface area contributed by atoms with Gasteiger partial charge in [0.25, 0.3) is 0 Å². The van der Waals surface area contributed by atoms with Crippen molar-refractivity contribution in [2.24, 2.45) is 0 Å². The third-order valence-corrected chi connectivity index (χ3v) is 7.29. The van der Waals surface area contributed by atoms with Crippen molar-refractivity contribution in [2.45, 2.75) is 56.4 Å². The molecule has 1 atom stereocenters. The Morgan fingerprint density at radius 3 is 2.32 bits per heavy atom. The number of benzene rings is 2. The molecular formula is C22H26N2O3S. The first-order valence-electron chi connectivity index (χ1n) is 9.98. The standard InChI is InChI=1S/C22H26N2O3S/c1-16(18-9-8-17-5-2-3-6-19(17)15-18)23-28(26,27)21-12-10-20(11-13-21)24-14-4-7-22(24)25/h8-13,15-16,23H,2-7,14H2,1H3/t16-/m1/s1. The Balaban J connectivity index is 1.49. The molecule has 1 saturated heterocycles. The van der Waals surface area contributed by atoms with Crippen molar-refractivity contribution in [3.63, 3.8) is 0 Å². The number of carbonyl (C=O) groups excluding carboxylic acids is 1. The molecule has 1 aliphatic carbocycles. The van der Waals surface area contributed by atoms with Gasteiger partial charge in [-0.25, -0.2) is 13.1 Å². The van der Waals surface area contributed by atoms with Crippen LogP contribution in [0.3, 0.4) is 0 Å². The second-order valence-corrected chi connectivity index (χ2v) is 9.44. The Hall–Kier alpha value is -2.18. The zero-order valence-corrected chi connectivity index (χ0v) is 17.0. The number of anilines is 1. The Morgan fingerprint density at radius 2 is 1.64 bits per heavy atom. The number of aryl methyl sites for hydroxylation is 2. The van der Waals surface area contributed by atoms with Gasteiger partial charge in [0.1, 0.15) is 0 Å². The van der Waals surface area contributed by atoms with Gasteiger partial charge >= 0.3 is 0 Å². The van der Waals surface area contributed by atoms with Crippen LogP contribution in [0.4, 0.5) is 5.69 Å². The Morgan fingerprint density at radius 1 is 0.929 bits per heavy atom. The summed E-state index contributed by atoms with van der Waals surface area (Å²) in [7, 11) is -3.64. The summed E-state index contributed by atoms with van der Waals surface area (Å²) in [6.07, 6.45) is 6.01. The number of nitrogens with one attached hydrogen (secondary N) is 1. The number of sulfonamides is 1. The number of amides is 1. The van der Waals surface area contributed by atoms with Crippen molar-refractivity contribution in [1.82, 2.24) is 4.72 Å². The maximum atomic E-state index is 12.8. The average Bonchev–Trinajstić information content (AvgIpc) is 3.13. The van der Waals surface area contributed by atoms with Crippen LogP contribution in [0.1, 0.15) is 55.3 Å². The van der Waals surface area contributed by atoms with Crippen molar-refractivity contribution in [2.75, 3.05) is 11.4 Å². The molecule has 0 unspecified atom stereocenters. The Bertz CT molecular complexity index is 983. The van der Waals surface area contributed by atoms with Gasteiger partial charge in [-0.3, -0.25) is 4.79 Å². The molecule has 2 aliphatic rings. The van der Waals surface area contributed by atoms with E-state index in [1.807, 2.05) is 13.0 Å². The maximum absolute atomic E-state index is 12.8. The lowest BCUT2D eigenvalue weighted by molar-refractivity contribution is -0.117. The van der Waals surface area contributed by atoms with Crippen LogP contribution in [-0.4, -0.2) is 20.9 Å². The number of nitrogens with zero attached hydrogens (tertiary/aromatic N) is 1. The molecule has 6 heteroatoms. The van der Waals surface area contributed by atoms with Crippen LogP contribution >= 0.6 is 0 Å². The van der Waals surface area contributed by atoms with E-state index in [-0.39, 0.29) is 16.8 Å². The second-order valence-electron chi connectivity index (χ2n) is 7.72. The molecule has 1 fully saturated rings. The van der Waals surface area contributed by atoms with Crippen LogP contribution in [0, 0.1) is 0 Å². The highest BCUT2D eigenvalue weighted by Crippen LogP contribution is 2.27. The normalized spacial score (nSPS) is 18.2. The summed E-state index contributed by atoms with van der Waals surface area (Å²) < 4.78 is 28.4. The molecule has 2 aromatic rings. The summed E-state index contributed by atoms with van der Waals surface area (Å²) >= 11 is 0. The smallest absolute Gasteiger partial charge is 0.241 e. The SMILES string of the molecule is C[C@@H](NS(=O)(=O)c1ccc(N2CCCC2=O)cc1)c1ccc2c(c1)CCCC2. The zero-order valence-electron chi connectivity index (χ0n) is 16.1. The lowest BCUT2D eigenvalue weighted by atomic mass is 9.89. The summed E-state index contributed by atoms with van der Waals surface area (Å²) in [4.78, 5) is 13.8. The summed E-state index contributed by atoms with van der Waals surface area (Å²) in [5, 5.41) is 0. The monoisotopic (exact) mass is 398 g/mol. The summed E-state index contributed by atoms with van der Waals surface area (Å²) in [5.74, 6) is 0.0924. The van der Waals surface area contributed by atoms with E-state index < -0.39 is 10.0 Å². The highest BCUT2D eigenvalue weighted by molar-refractivity contribution is 7.89. The van der Waals surface area contributed by atoms with Gasteiger partial charge in [0.05, 0.1) is 4.90 Å². The summed E-state index contributed by atoms with van der Waals surface area (Å²) in [6.45, 7) is 2.57. The lowest BCUT2D eigenvalue weighted by Crippen LogP contribution is -2.27. The van der Waals surface area contributed by atoms with Crippen molar-refractivity contribution in [3.8, 4) is 0 Å². The molecule has 1 aliphatic heterocycles. The van der Waals surface area contributed by atoms with Gasteiger partial charge in [-0.15, -0.1) is 0 Å². The fourth-order valence-corrected chi connectivity index (χ4v) is 5.35. The number of fused-ring (bicyclic) bond motifs is 1. The predicted molar refractivity (Wildman–Crippen MR) is 110 cm³/mol. The van der Waals surface area contributed by atoms with E-state index in [4.69, 9.17) is 0 Å². The quantitative estimate of drug-likeness (QED) is 0.834. The molecule has 0 saturated carbocycles. The Labute approximate surface area is 166 Å². The third kappa shape index (κ3) is 3.84. The van der Waals surface area contributed by atoms with Crippen LogP contribution in [-0.2, 0) is 27.7 Å². The molecule has 28 heavy (non-hydrogen) atoms. The van der Waals surface area contributed by atoms with E-state index in [1.54, 1.807) is 29.2 Å². The highest BCUT2D eigenvalue weighted by atomic mass is 32.2. The van der Waals surface area contributed by atoms with Crippen molar-refractivity contribution in [1.29, 1.82) is 0 Å². The molecule has 0 aromatic heterocycles. The third-order valence-electron chi connectivity index (χ3n) is 5.74. The molecule has 0 spiro atoms. The van der Waals surface area contributed by atoms with E-state index >= 15 is 0 Å². The van der Waals surface area contributed by atoms with Gasteiger partial charge in [-0.05, 0) is 80.0 Å². The lowest BCUT2D eigenvalue weighted by Gasteiger charge is -2.20. The van der Waals surface area contributed by atoms with Gasteiger partial charge in [0.2, 0.25) is 15.9 Å². The molecule has 148 valence electrons. The van der Waals surface area contributed by atoms with Gasteiger partial charge in [0, 0.05) is 24.7 Å². The first-order chi connectivity index (χ1) is 13.4. The van der Waals surface area contributed by atoms with Crippen LogP contribution < -0.4 is 9.62 Å². The number of hydrogen-bond donors (Lipinski definition) is 1. The van der Waals surface area contributed by atoms with Crippen LogP contribution in [0.5, 0.6) is 0 Å². The molecule has 1 amide bonds. The number of carbonyl (C=O) groups is 1. The van der Waals surface area contributed by atoms with Crippen LogP contribution in [0.25, 0.3) is 0 Å². The van der Waals surface area contributed by atoms with Crippen molar-refractivity contribution < 1.29 is 13.2 Å². The van der Waals surface area contributed by atoms with E-state index in [9.17, 15) is 13.2 Å². The summed E-state index contributed by atoms with van der Waals surface area (Å²) in [6, 6.07) is 12.6. The molecule has 1 heterocycles. The number of hydrogen-bond acceptors (Lipinski definition) is 3. The van der Waals surface area contributed by atoms with E-state index in [0.29, 0.717) is 13.0 Å². The van der Waals surface area contributed by atoms with Crippen LogP contribution in [0.2, 0.25) is 0 Å². The van der Waals surface area contributed by atoms with Gasteiger partial charge in [0.15, 0.2) is 0 Å². The first-order valence-corrected chi connectivity index (χ1v) is 11.5. The molecule has 0 bridgehead atoms. The second kappa shape index (κ2) is 7.68. The minimum Gasteiger partial charge on any atom is -0.312 e. The summed E-state index contributed by atoms with van der Waals surface area (Å²) in [5.41, 5.74) is 4.47. The molecule has 0 radical (unpaired) electrons. The van der Waals surface area contributed by atoms with E-state index in [2.05, 4.69) is 16.9 Å². The molecule has 2 aromatic carbocycles. The van der Waals surface area contributed by atoms with Crippen LogP contribution in [0.15, 0.2) is 47.4 Å². The van der Waals surface area contributed by atoms with Crippen molar-refractivity contribution in [3.05, 3.63) is 59.2 Å². The van der Waals surface area contributed by atoms with Gasteiger partial charge in [-0.1, -0.05) is 18.2 Å².